The number of halogens is 3. The Morgan fingerprint density at radius 2 is 1.58 bits per heavy atom. The molecule has 2 aromatic rings. The lowest BCUT2D eigenvalue weighted by Crippen LogP contribution is -2.53. The number of aryl methyl sites for hydroxylation is 1. The summed E-state index contributed by atoms with van der Waals surface area (Å²) in [6, 6.07) is 6.51. The van der Waals surface area contributed by atoms with E-state index in [-0.39, 0.29) is 24.9 Å². The van der Waals surface area contributed by atoms with Crippen LogP contribution in [0, 0.1) is 0 Å². The van der Waals surface area contributed by atoms with Crippen molar-refractivity contribution in [3.05, 3.63) is 59.2 Å². The molecule has 0 radical (unpaired) electrons. The average molecular weight is 635 g/mol. The van der Waals surface area contributed by atoms with E-state index in [4.69, 9.17) is 14.5 Å². The van der Waals surface area contributed by atoms with Crippen molar-refractivity contribution >= 4 is 42.1 Å². The fourth-order valence-corrected chi connectivity index (χ4v) is 4.73. The summed E-state index contributed by atoms with van der Waals surface area (Å²) in [6.07, 6.45) is -6.27. The van der Waals surface area contributed by atoms with Crippen molar-refractivity contribution in [1.82, 2.24) is 10.6 Å². The molecule has 0 saturated heterocycles. The number of anilines is 1. The predicted molar refractivity (Wildman–Crippen MR) is 159 cm³/mol. The first kappa shape index (κ1) is 35.4. The molecule has 11 nitrogen and oxygen atoms in total. The van der Waals surface area contributed by atoms with Crippen LogP contribution in [0.5, 0.6) is 0 Å². The number of carboxylic acid groups (broad SMARTS) is 1. The molecule has 0 unspecified atom stereocenters. The van der Waals surface area contributed by atoms with Crippen molar-refractivity contribution in [2.75, 3.05) is 5.32 Å². The molecule has 5 N–H and O–H groups in total. The zero-order valence-electron chi connectivity index (χ0n) is 25.6. The molecule has 0 bridgehead atoms. The quantitative estimate of drug-likeness (QED) is 0.235. The third-order valence-corrected chi connectivity index (χ3v) is 6.93. The number of amides is 3. The van der Waals surface area contributed by atoms with Gasteiger partial charge in [-0.2, -0.15) is 13.2 Å². The molecule has 1 aliphatic rings. The summed E-state index contributed by atoms with van der Waals surface area (Å²) in [5.74, 6) is -2.78. The molecule has 2 aromatic carbocycles. The van der Waals surface area contributed by atoms with Crippen molar-refractivity contribution in [2.45, 2.75) is 89.8 Å². The van der Waals surface area contributed by atoms with Gasteiger partial charge in [-0.1, -0.05) is 18.2 Å². The SMILES string of the molecule is CC(C)(C)OC(=O)N[C@@H](CCC(=O)O)C(=O)N[C@H](CCc1ccc(C(F)(F)F)cc1)C(=O)Nc1ccc2c(c1)B(O)OC2(C)C. The second-order valence-electron chi connectivity index (χ2n) is 12.2. The van der Waals surface area contributed by atoms with Crippen molar-refractivity contribution in [2.24, 2.45) is 0 Å². The first-order valence-corrected chi connectivity index (χ1v) is 14.2. The Labute approximate surface area is 259 Å². The molecule has 15 heteroatoms. The predicted octanol–water partition coefficient (Wildman–Crippen LogP) is 3.47. The Bertz CT molecular complexity index is 1410. The van der Waals surface area contributed by atoms with Crippen LogP contribution in [-0.4, -0.2) is 58.8 Å². The van der Waals surface area contributed by atoms with E-state index in [1.165, 1.54) is 18.2 Å². The van der Waals surface area contributed by atoms with Gasteiger partial charge in [0, 0.05) is 12.1 Å². The minimum atomic E-state index is -4.52. The third kappa shape index (κ3) is 10.2. The Hall–Kier alpha value is -4.11. The molecule has 0 spiro atoms. The normalized spacial score (nSPS) is 15.4. The van der Waals surface area contributed by atoms with Crippen molar-refractivity contribution < 1.29 is 51.9 Å². The highest BCUT2D eigenvalue weighted by atomic mass is 19.4. The van der Waals surface area contributed by atoms with E-state index >= 15 is 0 Å². The second-order valence-corrected chi connectivity index (χ2v) is 12.2. The van der Waals surface area contributed by atoms with Gasteiger partial charge >= 0.3 is 25.4 Å². The van der Waals surface area contributed by atoms with Crippen LogP contribution in [0.1, 0.15) is 70.6 Å². The molecule has 45 heavy (non-hydrogen) atoms. The van der Waals surface area contributed by atoms with Crippen LogP contribution >= 0.6 is 0 Å². The highest BCUT2D eigenvalue weighted by Crippen LogP contribution is 2.31. The molecule has 1 aliphatic heterocycles. The van der Waals surface area contributed by atoms with E-state index in [2.05, 4.69) is 16.0 Å². The van der Waals surface area contributed by atoms with Crippen molar-refractivity contribution in [3.63, 3.8) is 0 Å². The van der Waals surface area contributed by atoms with E-state index in [0.717, 1.165) is 17.7 Å². The zero-order valence-corrected chi connectivity index (χ0v) is 25.6. The fraction of sp³-hybridized carbons (Fsp3) is 0.467. The minimum Gasteiger partial charge on any atom is -0.481 e. The fourth-order valence-electron chi connectivity index (χ4n) is 4.73. The van der Waals surface area contributed by atoms with Gasteiger partial charge in [0.05, 0.1) is 11.2 Å². The van der Waals surface area contributed by atoms with E-state index in [1.54, 1.807) is 46.8 Å². The number of carbonyl (C=O) groups excluding carboxylic acids is 3. The van der Waals surface area contributed by atoms with Gasteiger partial charge in [0.15, 0.2) is 0 Å². The first-order chi connectivity index (χ1) is 20.7. The summed E-state index contributed by atoms with van der Waals surface area (Å²) in [5, 5.41) is 27.0. The van der Waals surface area contributed by atoms with Crippen LogP contribution in [0.4, 0.5) is 23.7 Å². The number of hydrogen-bond donors (Lipinski definition) is 5. The average Bonchev–Trinajstić information content (AvgIpc) is 3.14. The summed E-state index contributed by atoms with van der Waals surface area (Å²) in [6.45, 7) is 8.36. The Morgan fingerprint density at radius 1 is 0.956 bits per heavy atom. The number of ether oxygens (including phenoxy) is 1. The van der Waals surface area contributed by atoms with Gasteiger partial charge in [-0.15, -0.1) is 0 Å². The zero-order chi connectivity index (χ0) is 33.7. The number of rotatable bonds is 11. The maximum atomic E-state index is 13.5. The number of fused-ring (bicyclic) bond motifs is 1. The summed E-state index contributed by atoms with van der Waals surface area (Å²) < 4.78 is 49.8. The topological polar surface area (TPSA) is 163 Å². The summed E-state index contributed by atoms with van der Waals surface area (Å²) >= 11 is 0. The smallest absolute Gasteiger partial charge is 0.481 e. The van der Waals surface area contributed by atoms with E-state index in [1.807, 2.05) is 0 Å². The van der Waals surface area contributed by atoms with Crippen LogP contribution in [0.15, 0.2) is 42.5 Å². The molecular weight excluding hydrogens is 598 g/mol. The molecule has 1 heterocycles. The number of benzene rings is 2. The summed E-state index contributed by atoms with van der Waals surface area (Å²) in [7, 11) is -1.23. The first-order valence-electron chi connectivity index (χ1n) is 14.2. The van der Waals surface area contributed by atoms with Gasteiger partial charge in [-0.3, -0.25) is 14.4 Å². The summed E-state index contributed by atoms with van der Waals surface area (Å²) in [4.78, 5) is 50.4. The van der Waals surface area contributed by atoms with Gasteiger partial charge < -0.3 is 35.5 Å². The van der Waals surface area contributed by atoms with E-state index in [9.17, 15) is 37.4 Å². The number of carbonyl (C=O) groups is 4. The van der Waals surface area contributed by atoms with Gasteiger partial charge in [0.2, 0.25) is 11.8 Å². The number of aliphatic carboxylic acids is 1. The molecular formula is C30H37BF3N3O8. The van der Waals surface area contributed by atoms with Gasteiger partial charge in [0.1, 0.15) is 17.7 Å². The molecule has 0 aromatic heterocycles. The van der Waals surface area contributed by atoms with Gasteiger partial charge in [-0.05, 0) is 94.7 Å². The molecule has 0 saturated carbocycles. The lowest BCUT2D eigenvalue weighted by Gasteiger charge is -2.25. The standard InChI is InChI=1S/C30H37BF3N3O8/c1-28(2,3)44-27(42)37-23(14-15-24(38)39)26(41)36-22(13-8-17-6-9-18(10-7-17)30(32,33)34)25(40)35-19-11-12-20-21(16-19)31(43)45-29(20,4)5/h6-7,9-12,16,22-23,43H,8,13-15H2,1-5H3,(H,35,40)(H,36,41)(H,37,42)(H,38,39)/t22-,23+/m1/s1. The molecule has 244 valence electrons. The lowest BCUT2D eigenvalue weighted by atomic mass is 9.78. The van der Waals surface area contributed by atoms with Crippen LogP contribution in [0.25, 0.3) is 0 Å². The van der Waals surface area contributed by atoms with E-state index in [0.29, 0.717) is 11.0 Å². The maximum absolute atomic E-state index is 13.5. The molecule has 3 rings (SSSR count). The maximum Gasteiger partial charge on any atom is 0.492 e. The lowest BCUT2D eigenvalue weighted by molar-refractivity contribution is -0.138. The number of alkyl halides is 3. The second kappa shape index (κ2) is 13.9. The largest absolute Gasteiger partial charge is 0.492 e. The van der Waals surface area contributed by atoms with Crippen molar-refractivity contribution in [3.8, 4) is 0 Å². The van der Waals surface area contributed by atoms with Crippen LogP contribution in [-0.2, 0) is 42.0 Å². The molecule has 2 atom stereocenters. The highest BCUT2D eigenvalue weighted by molar-refractivity contribution is 6.62. The molecule has 0 aliphatic carbocycles. The Balaban J connectivity index is 1.83. The van der Waals surface area contributed by atoms with E-state index < -0.39 is 72.4 Å². The minimum absolute atomic E-state index is 0.0647. The monoisotopic (exact) mass is 635 g/mol. The number of nitrogens with one attached hydrogen (secondary N) is 3. The van der Waals surface area contributed by atoms with Gasteiger partial charge in [-0.25, -0.2) is 4.79 Å². The van der Waals surface area contributed by atoms with Crippen molar-refractivity contribution in [1.29, 1.82) is 0 Å². The van der Waals surface area contributed by atoms with Crippen LogP contribution < -0.4 is 21.4 Å². The van der Waals surface area contributed by atoms with Crippen LogP contribution in [0.3, 0.4) is 0 Å². The Morgan fingerprint density at radius 3 is 2.16 bits per heavy atom. The number of carboxylic acids is 1. The highest BCUT2D eigenvalue weighted by Gasteiger charge is 2.40. The Kier molecular flexibility index (Phi) is 10.9. The number of alkyl carbamates (subject to hydrolysis) is 1. The number of hydrogen-bond acceptors (Lipinski definition) is 7. The molecule has 3 amide bonds. The third-order valence-electron chi connectivity index (χ3n) is 6.93. The molecule has 0 fully saturated rings. The van der Waals surface area contributed by atoms with Crippen LogP contribution in [0.2, 0.25) is 0 Å². The van der Waals surface area contributed by atoms with Gasteiger partial charge in [0.25, 0.3) is 0 Å². The summed E-state index contributed by atoms with van der Waals surface area (Å²) in [5.41, 5.74) is -0.610.